The molecule has 2 aliphatic heterocycles. The van der Waals surface area contributed by atoms with Gasteiger partial charge in [0.15, 0.2) is 23.2 Å². The number of carbonyl (C=O) groups excluding carboxylic acids is 2. The Kier molecular flexibility index (Phi) is 18.3. The second-order valence-electron chi connectivity index (χ2n) is 17.5. The van der Waals surface area contributed by atoms with E-state index in [0.717, 1.165) is 11.1 Å². The highest BCUT2D eigenvalue weighted by Crippen LogP contribution is 2.33. The van der Waals surface area contributed by atoms with Crippen molar-refractivity contribution in [2.45, 2.75) is 86.8 Å². The number of ether oxygens (including phenoxy) is 4. The number of nitrogens with zero attached hydrogens (tertiary/aromatic N) is 6. The number of benzene rings is 3. The molecular formula is C47H64N10O11S. The van der Waals surface area contributed by atoms with Crippen molar-refractivity contribution in [2.24, 2.45) is 11.7 Å². The molecule has 0 spiro atoms. The molecule has 374 valence electrons. The van der Waals surface area contributed by atoms with Crippen LogP contribution in [0.4, 0.5) is 16.3 Å². The van der Waals surface area contributed by atoms with Crippen molar-refractivity contribution in [3.63, 3.8) is 0 Å². The third-order valence-electron chi connectivity index (χ3n) is 11.6. The summed E-state index contributed by atoms with van der Waals surface area (Å²) in [5, 5.41) is 37.6. The minimum Gasteiger partial charge on any atom is -0.497 e. The first kappa shape index (κ1) is 52.4. The van der Waals surface area contributed by atoms with Crippen LogP contribution in [0, 0.1) is 5.92 Å². The van der Waals surface area contributed by atoms with Crippen LogP contribution in [0.25, 0.3) is 11.2 Å². The number of hydrogen-bond donors (Lipinski definition) is 7. The maximum Gasteiger partial charge on any atom is 0.407 e. The van der Waals surface area contributed by atoms with E-state index in [1.54, 1.807) is 28.7 Å². The monoisotopic (exact) mass is 976 g/mol. The second-order valence-corrected chi connectivity index (χ2v) is 19.5. The van der Waals surface area contributed by atoms with Gasteiger partial charge in [-0.25, -0.2) is 28.2 Å². The lowest BCUT2D eigenvalue weighted by Crippen LogP contribution is -2.53. The first-order valence-corrected chi connectivity index (χ1v) is 24.0. The highest BCUT2D eigenvalue weighted by molar-refractivity contribution is 7.89. The molecule has 21 nitrogen and oxygen atoms in total. The molecule has 2 amide bonds. The van der Waals surface area contributed by atoms with E-state index in [4.69, 9.17) is 30.4 Å². The summed E-state index contributed by atoms with van der Waals surface area (Å²) in [5.41, 5.74) is 15.0. The average molecular weight is 977 g/mol. The van der Waals surface area contributed by atoms with Crippen molar-refractivity contribution in [3.05, 3.63) is 103 Å². The van der Waals surface area contributed by atoms with Gasteiger partial charge in [0.05, 0.1) is 62.4 Å². The smallest absolute Gasteiger partial charge is 0.407 e. The summed E-state index contributed by atoms with van der Waals surface area (Å²) >= 11 is 0. The molecule has 2 saturated heterocycles. The van der Waals surface area contributed by atoms with Crippen molar-refractivity contribution in [2.75, 3.05) is 64.7 Å². The Morgan fingerprint density at radius 1 is 0.971 bits per heavy atom. The highest BCUT2D eigenvalue weighted by Gasteiger charge is 2.46. The molecule has 0 bridgehead atoms. The average Bonchev–Trinajstić information content (AvgIpc) is 4.08. The lowest BCUT2D eigenvalue weighted by atomic mass is 10.0. The summed E-state index contributed by atoms with van der Waals surface area (Å²) in [5.74, 6) is 0.873. The van der Waals surface area contributed by atoms with Crippen LogP contribution in [-0.2, 0) is 41.9 Å². The zero-order valence-electron chi connectivity index (χ0n) is 39.4. The number of nitrogen functional groups attached to an aromatic ring is 1. The number of methoxy groups -OCH3 is 1. The number of rotatable bonds is 19. The van der Waals surface area contributed by atoms with Gasteiger partial charge < -0.3 is 61.3 Å². The number of aliphatic hydroxyl groups is 3. The minimum atomic E-state index is -3.90. The number of aromatic nitrogens is 4. The Hall–Kier alpha value is -5.98. The molecule has 2 aromatic heterocycles. The molecule has 0 saturated carbocycles. The molecule has 0 aliphatic carbocycles. The number of amides is 2. The van der Waals surface area contributed by atoms with E-state index in [1.165, 1.54) is 41.2 Å². The Morgan fingerprint density at radius 3 is 2.29 bits per heavy atom. The lowest BCUT2D eigenvalue weighted by molar-refractivity contribution is -0.124. The zero-order valence-corrected chi connectivity index (χ0v) is 40.2. The molecule has 7 rings (SSSR count). The minimum absolute atomic E-state index is 0.0126. The predicted octanol–water partition coefficient (Wildman–Crippen LogP) is 1.61. The summed E-state index contributed by atoms with van der Waals surface area (Å²) in [7, 11) is 1.35. The quantitative estimate of drug-likeness (QED) is 0.0579. The van der Waals surface area contributed by atoms with Crippen molar-refractivity contribution in [3.8, 4) is 5.75 Å². The number of alkyl carbamates (subject to hydrolysis) is 1. The van der Waals surface area contributed by atoms with E-state index in [1.807, 2.05) is 70.4 Å². The number of sulfonamides is 1. The number of imidazole rings is 1. The Balaban J connectivity index is 0.000000227. The van der Waals surface area contributed by atoms with E-state index in [0.29, 0.717) is 60.9 Å². The van der Waals surface area contributed by atoms with Crippen LogP contribution < -0.4 is 31.7 Å². The number of aliphatic hydroxyl groups excluding tert-OH is 3. The summed E-state index contributed by atoms with van der Waals surface area (Å²) in [6.45, 7) is 4.26. The van der Waals surface area contributed by atoms with Gasteiger partial charge in [-0.1, -0.05) is 56.3 Å². The first-order chi connectivity index (χ1) is 33.0. The number of nitrogens with two attached hydrogens (primary N) is 2. The van der Waals surface area contributed by atoms with E-state index >= 15 is 0 Å². The maximum atomic E-state index is 13.4. The van der Waals surface area contributed by atoms with Crippen molar-refractivity contribution < 1.29 is 52.3 Å². The molecule has 0 radical (unpaired) electrons. The Morgan fingerprint density at radius 2 is 1.67 bits per heavy atom. The predicted molar refractivity (Wildman–Crippen MR) is 256 cm³/mol. The molecule has 5 unspecified atom stereocenters. The molecule has 3 aromatic carbocycles. The van der Waals surface area contributed by atoms with Crippen molar-refractivity contribution >= 4 is 44.7 Å². The maximum absolute atomic E-state index is 13.4. The van der Waals surface area contributed by atoms with Gasteiger partial charge in [0.25, 0.3) is 0 Å². The summed E-state index contributed by atoms with van der Waals surface area (Å²) < 4.78 is 51.3. The van der Waals surface area contributed by atoms with Crippen LogP contribution in [0.3, 0.4) is 0 Å². The van der Waals surface area contributed by atoms with Gasteiger partial charge in [0.2, 0.25) is 15.9 Å². The van der Waals surface area contributed by atoms with Crippen LogP contribution in [0.15, 0.2) is 96.4 Å². The fraction of sp³-hybridized carbons (Fsp3) is 0.468. The van der Waals surface area contributed by atoms with Gasteiger partial charge in [-0.3, -0.25) is 9.36 Å². The number of fused-ring (bicyclic) bond motifs is 1. The van der Waals surface area contributed by atoms with Crippen LogP contribution in [0.5, 0.6) is 5.75 Å². The molecule has 2 aliphatic rings. The largest absolute Gasteiger partial charge is 0.497 e. The second kappa shape index (κ2) is 24.0. The Bertz CT molecular complexity index is 2530. The van der Waals surface area contributed by atoms with Crippen LogP contribution in [0.1, 0.15) is 37.6 Å². The standard InChI is InChI=1S/C25H35N3O6S.C22H29N7O5/c1-18(2)15-28(35(31,32)22-10-8-20(26)9-11-22)16-24(29)23(14-19-6-4-3-5-7-19)27-25(30)34-21-12-13-33-17-21;1-28(2)19-17-20(25-10-24-19)29(11-26-17)22-18(31)16(15(9-30)34-22)27-21(32)14(23)8-12-4-6-13(33-3)7-5-12/h3-11,18,21,23-24,29H,12-17,26H2,1-2H3,(H,27,30);4-7,10-11,14-16,18,22,30-31H,8-9,23H2,1-3H3,(H,27,32)/t21-,23-,24+;/m0./s1. The van der Waals surface area contributed by atoms with E-state index in [2.05, 4.69) is 25.6 Å². The summed E-state index contributed by atoms with van der Waals surface area (Å²) in [4.78, 5) is 40.2. The van der Waals surface area contributed by atoms with Gasteiger partial charge in [0.1, 0.15) is 30.4 Å². The molecule has 69 heavy (non-hydrogen) atoms. The number of carbonyl (C=O) groups is 2. The number of hydrogen-bond acceptors (Lipinski definition) is 17. The molecule has 22 heteroatoms. The summed E-state index contributed by atoms with van der Waals surface area (Å²) in [6.07, 6.45) is -1.04. The molecule has 9 N–H and O–H groups in total. The van der Waals surface area contributed by atoms with Crippen molar-refractivity contribution in [1.82, 2.24) is 34.5 Å². The number of anilines is 2. The zero-order chi connectivity index (χ0) is 49.8. The molecule has 5 aromatic rings. The fourth-order valence-corrected chi connectivity index (χ4v) is 9.56. The van der Waals surface area contributed by atoms with Crippen LogP contribution in [0.2, 0.25) is 0 Å². The third kappa shape index (κ3) is 13.6. The molecular weight excluding hydrogens is 913 g/mol. The van der Waals surface area contributed by atoms with E-state index in [-0.39, 0.29) is 30.0 Å². The first-order valence-electron chi connectivity index (χ1n) is 22.6. The molecule has 2 fully saturated rings. The SMILES string of the molecule is CC(C)CN(C[C@@H](O)[C@H](Cc1ccccc1)NC(=O)O[C@H]1CCOC1)S(=O)(=O)c1ccc(N)cc1.COc1ccc(CC(N)C(=O)NC2C(CO)OC(n3cnc4c(N(C)C)ncnc43)C2O)cc1. The fourth-order valence-electron chi connectivity index (χ4n) is 7.94. The number of nitrogens with one attached hydrogen (secondary N) is 2. The Labute approximate surface area is 401 Å². The van der Waals surface area contributed by atoms with Gasteiger partial charge in [-0.15, -0.1) is 0 Å². The van der Waals surface area contributed by atoms with E-state index < -0.39 is 71.3 Å². The summed E-state index contributed by atoms with van der Waals surface area (Å²) in [6, 6.07) is 20.1. The van der Waals surface area contributed by atoms with Gasteiger partial charge in [-0.05, 0) is 66.3 Å². The van der Waals surface area contributed by atoms with Gasteiger partial charge in [0, 0.05) is 39.3 Å². The normalized spacial score (nSPS) is 20.5. The van der Waals surface area contributed by atoms with Gasteiger partial charge >= 0.3 is 6.09 Å². The molecule has 4 heterocycles. The third-order valence-corrected chi connectivity index (χ3v) is 13.4. The van der Waals surface area contributed by atoms with E-state index in [9.17, 15) is 33.3 Å². The lowest BCUT2D eigenvalue weighted by Gasteiger charge is -2.30. The van der Waals surface area contributed by atoms with Gasteiger partial charge in [-0.2, -0.15) is 4.31 Å². The topological polar surface area (TPSA) is 292 Å². The van der Waals surface area contributed by atoms with Crippen LogP contribution in [-0.4, -0.2) is 156 Å². The van der Waals surface area contributed by atoms with Crippen LogP contribution >= 0.6 is 0 Å². The van der Waals surface area contributed by atoms with Crippen molar-refractivity contribution in [1.29, 1.82) is 0 Å². The highest BCUT2D eigenvalue weighted by atomic mass is 32.2. The molecule has 8 atom stereocenters.